The van der Waals surface area contributed by atoms with Crippen LogP contribution in [0.3, 0.4) is 0 Å². The van der Waals surface area contributed by atoms with Crippen molar-refractivity contribution in [3.63, 3.8) is 0 Å². The first kappa shape index (κ1) is 22.5. The predicted octanol–water partition coefficient (Wildman–Crippen LogP) is -1.73. The molecule has 0 radical (unpaired) electrons. The number of carboxylic acids is 1. The molecule has 0 aromatic heterocycles. The van der Waals surface area contributed by atoms with Crippen molar-refractivity contribution in [1.82, 2.24) is 13.9 Å². The van der Waals surface area contributed by atoms with Gasteiger partial charge in [0, 0.05) is 38.1 Å². The van der Waals surface area contributed by atoms with Gasteiger partial charge in [-0.15, -0.1) is 0 Å². The Balaban J connectivity index is 2.19. The van der Waals surface area contributed by atoms with E-state index in [0.29, 0.717) is 32.4 Å². The molecule has 2 aliphatic heterocycles. The van der Waals surface area contributed by atoms with E-state index < -0.39 is 34.8 Å². The molecule has 0 saturated carbocycles. The third kappa shape index (κ3) is 5.00. The average molecular weight is 406 g/mol. The van der Waals surface area contributed by atoms with Crippen LogP contribution in [0.2, 0.25) is 6.32 Å². The van der Waals surface area contributed by atoms with E-state index >= 15 is 0 Å². The summed E-state index contributed by atoms with van der Waals surface area (Å²) in [6.07, 6.45) is 2.14. The van der Waals surface area contributed by atoms with Crippen LogP contribution in [0.1, 0.15) is 32.6 Å². The summed E-state index contributed by atoms with van der Waals surface area (Å²) >= 11 is 0. The predicted molar refractivity (Wildman–Crippen MR) is 101 cm³/mol. The maximum atomic E-state index is 13.2. The van der Waals surface area contributed by atoms with Gasteiger partial charge in [-0.05, 0) is 32.1 Å². The van der Waals surface area contributed by atoms with E-state index in [4.69, 9.17) is 15.8 Å². The molecule has 27 heavy (non-hydrogen) atoms. The van der Waals surface area contributed by atoms with Crippen LogP contribution in [0, 0.1) is 5.92 Å². The van der Waals surface area contributed by atoms with Crippen LogP contribution in [-0.4, -0.2) is 89.6 Å². The molecule has 0 unspecified atom stereocenters. The molecule has 2 aliphatic rings. The molecule has 0 aromatic carbocycles. The number of aliphatic carboxylic acids is 1. The molecule has 0 amide bonds. The molecule has 0 spiro atoms. The number of carbonyl (C=O) groups is 1. The Bertz CT molecular complexity index is 615. The third-order valence-corrected chi connectivity index (χ3v) is 7.52. The highest BCUT2D eigenvalue weighted by Crippen LogP contribution is 2.33. The van der Waals surface area contributed by atoms with Gasteiger partial charge < -0.3 is 26.2 Å². The minimum atomic E-state index is -3.84. The Kier molecular flexibility index (Phi) is 7.65. The fourth-order valence-corrected chi connectivity index (χ4v) is 5.96. The maximum Gasteiger partial charge on any atom is 0.451 e. The van der Waals surface area contributed by atoms with Crippen LogP contribution >= 0.6 is 0 Å². The third-order valence-electron chi connectivity index (χ3n) is 5.51. The van der Waals surface area contributed by atoms with Crippen LogP contribution in [0.4, 0.5) is 0 Å². The number of nitrogens with two attached hydrogens (primary N) is 1. The van der Waals surface area contributed by atoms with Gasteiger partial charge in [0.25, 0.3) is 10.2 Å². The van der Waals surface area contributed by atoms with Crippen molar-refractivity contribution in [2.24, 2.45) is 11.7 Å². The molecule has 0 bridgehead atoms. The average Bonchev–Trinajstić information content (AvgIpc) is 3.21. The number of carboxylic acid groups (broad SMARTS) is 1. The van der Waals surface area contributed by atoms with E-state index in [1.165, 1.54) is 8.61 Å². The SMILES string of the molecule is CCCN([C@@H]1CCNC1)S(=O)(=O)N1C[C@H](CCCB(O)O)[C@](N)(C(=O)O)C1. The Morgan fingerprint density at radius 2 is 2.15 bits per heavy atom. The van der Waals surface area contributed by atoms with Crippen molar-refractivity contribution in [2.75, 3.05) is 32.7 Å². The summed E-state index contributed by atoms with van der Waals surface area (Å²) in [6.45, 7) is 3.35. The first-order chi connectivity index (χ1) is 12.6. The molecule has 10 nitrogen and oxygen atoms in total. The van der Waals surface area contributed by atoms with E-state index in [1.54, 1.807) is 0 Å². The molecule has 12 heteroatoms. The fraction of sp³-hybridized carbons (Fsp3) is 0.933. The Hall–Kier alpha value is -0.755. The summed E-state index contributed by atoms with van der Waals surface area (Å²) in [5.41, 5.74) is 4.43. The van der Waals surface area contributed by atoms with Crippen LogP contribution < -0.4 is 11.1 Å². The summed E-state index contributed by atoms with van der Waals surface area (Å²) in [5.74, 6) is -1.83. The summed E-state index contributed by atoms with van der Waals surface area (Å²) in [6, 6.07) is -0.143. The molecule has 3 atom stereocenters. The molecule has 2 saturated heterocycles. The lowest BCUT2D eigenvalue weighted by Gasteiger charge is -2.31. The Morgan fingerprint density at radius 1 is 1.44 bits per heavy atom. The number of hydrogen-bond acceptors (Lipinski definition) is 7. The van der Waals surface area contributed by atoms with Crippen LogP contribution in [0.5, 0.6) is 0 Å². The molecule has 2 heterocycles. The van der Waals surface area contributed by atoms with E-state index in [2.05, 4.69) is 5.32 Å². The summed E-state index contributed by atoms with van der Waals surface area (Å²) in [5, 5.41) is 30.8. The van der Waals surface area contributed by atoms with Gasteiger partial charge in [-0.25, -0.2) is 0 Å². The first-order valence-corrected chi connectivity index (χ1v) is 10.9. The van der Waals surface area contributed by atoms with Gasteiger partial charge >= 0.3 is 13.1 Å². The summed E-state index contributed by atoms with van der Waals surface area (Å²) < 4.78 is 29.1. The quantitative estimate of drug-likeness (QED) is 0.268. The molecule has 6 N–H and O–H groups in total. The van der Waals surface area contributed by atoms with Gasteiger partial charge in [-0.2, -0.15) is 17.0 Å². The molecule has 0 aromatic rings. The minimum absolute atomic E-state index is 0.0209. The minimum Gasteiger partial charge on any atom is -0.480 e. The van der Waals surface area contributed by atoms with Gasteiger partial charge in [0.2, 0.25) is 0 Å². The number of rotatable bonds is 10. The largest absolute Gasteiger partial charge is 0.480 e. The lowest BCUT2D eigenvalue weighted by atomic mass is 9.78. The van der Waals surface area contributed by atoms with E-state index in [0.717, 1.165) is 13.0 Å². The number of nitrogens with zero attached hydrogens (tertiary/aromatic N) is 2. The lowest BCUT2D eigenvalue weighted by Crippen LogP contribution is -2.56. The Labute approximate surface area is 161 Å². The highest BCUT2D eigenvalue weighted by Gasteiger charge is 2.53. The molecule has 156 valence electrons. The molecular formula is C15H31BN4O6S. The normalized spacial score (nSPS) is 29.5. The second-order valence-corrected chi connectivity index (χ2v) is 9.39. The highest BCUT2D eigenvalue weighted by molar-refractivity contribution is 7.86. The zero-order valence-corrected chi connectivity index (χ0v) is 16.6. The Morgan fingerprint density at radius 3 is 2.67 bits per heavy atom. The van der Waals surface area contributed by atoms with Gasteiger partial charge in [-0.3, -0.25) is 4.79 Å². The van der Waals surface area contributed by atoms with Crippen molar-refractivity contribution >= 4 is 23.3 Å². The molecule has 2 rings (SSSR count). The molecule has 2 fully saturated rings. The molecular weight excluding hydrogens is 375 g/mol. The second-order valence-electron chi connectivity index (χ2n) is 7.51. The maximum absolute atomic E-state index is 13.2. The highest BCUT2D eigenvalue weighted by atomic mass is 32.2. The fourth-order valence-electron chi connectivity index (χ4n) is 3.95. The monoisotopic (exact) mass is 406 g/mol. The number of nitrogens with one attached hydrogen (secondary N) is 1. The topological polar surface area (TPSA) is 156 Å². The zero-order valence-electron chi connectivity index (χ0n) is 15.7. The summed E-state index contributed by atoms with van der Waals surface area (Å²) in [7, 11) is -5.31. The van der Waals surface area contributed by atoms with Crippen molar-refractivity contribution < 1.29 is 28.4 Å². The lowest BCUT2D eigenvalue weighted by molar-refractivity contribution is -0.144. The van der Waals surface area contributed by atoms with Gasteiger partial charge in [-0.1, -0.05) is 13.3 Å². The van der Waals surface area contributed by atoms with E-state index in [-0.39, 0.29) is 25.5 Å². The molecule has 0 aliphatic carbocycles. The first-order valence-electron chi connectivity index (χ1n) is 9.49. The number of hydrogen-bond donors (Lipinski definition) is 5. The van der Waals surface area contributed by atoms with Crippen LogP contribution in [0.25, 0.3) is 0 Å². The van der Waals surface area contributed by atoms with Crippen molar-refractivity contribution in [1.29, 1.82) is 0 Å². The van der Waals surface area contributed by atoms with Crippen molar-refractivity contribution in [2.45, 2.75) is 50.5 Å². The van der Waals surface area contributed by atoms with Crippen LogP contribution in [-0.2, 0) is 15.0 Å². The van der Waals surface area contributed by atoms with Crippen LogP contribution in [0.15, 0.2) is 0 Å². The second kappa shape index (κ2) is 9.16. The van der Waals surface area contributed by atoms with Gasteiger partial charge in [0.05, 0.1) is 0 Å². The van der Waals surface area contributed by atoms with Crippen molar-refractivity contribution in [3.8, 4) is 0 Å². The van der Waals surface area contributed by atoms with Gasteiger partial charge in [0.15, 0.2) is 0 Å². The standard InChI is InChI=1S/C15H31BN4O6S/c1-2-8-20(13-5-7-18-9-13)27(25,26)19-10-12(4-3-6-16(23)24)15(17,11-19)14(21)22/h12-13,18,23-24H,2-11,17H2,1H3,(H,21,22)/t12-,13+,15-/m0/s1. The van der Waals surface area contributed by atoms with Crippen molar-refractivity contribution in [3.05, 3.63) is 0 Å². The van der Waals surface area contributed by atoms with Gasteiger partial charge in [0.1, 0.15) is 5.54 Å². The van der Waals surface area contributed by atoms with E-state index in [1.807, 2.05) is 6.92 Å². The zero-order chi connectivity index (χ0) is 20.2. The smallest absolute Gasteiger partial charge is 0.451 e. The summed E-state index contributed by atoms with van der Waals surface area (Å²) in [4.78, 5) is 11.8. The van der Waals surface area contributed by atoms with E-state index in [9.17, 15) is 18.3 Å².